The van der Waals surface area contributed by atoms with Gasteiger partial charge in [0.2, 0.25) is 0 Å². The molecule has 126 valence electrons. The lowest BCUT2D eigenvalue weighted by atomic mass is 10.1. The summed E-state index contributed by atoms with van der Waals surface area (Å²) in [6.45, 7) is 0.763. The SMILES string of the molecule is O=C(NCc1ccc(Cl)cc1)c1c(O)c2cccc3c2n(c1=O)CC3. The summed E-state index contributed by atoms with van der Waals surface area (Å²) in [4.78, 5) is 25.2. The standard InChI is InChI=1S/C19H15ClN2O3/c20-13-6-4-11(5-7-13)10-21-18(24)15-17(23)14-3-1-2-12-8-9-22(16(12)14)19(15)25/h1-7,23H,8-10H2,(H,21,24). The Morgan fingerprint density at radius 2 is 1.96 bits per heavy atom. The highest BCUT2D eigenvalue weighted by molar-refractivity contribution is 6.30. The number of hydrogen-bond acceptors (Lipinski definition) is 3. The van der Waals surface area contributed by atoms with Crippen molar-refractivity contribution in [2.24, 2.45) is 0 Å². The van der Waals surface area contributed by atoms with E-state index in [-0.39, 0.29) is 17.9 Å². The number of halogens is 1. The first-order valence-electron chi connectivity index (χ1n) is 7.96. The highest BCUT2D eigenvalue weighted by Crippen LogP contribution is 2.31. The first-order valence-corrected chi connectivity index (χ1v) is 8.34. The van der Waals surface area contributed by atoms with Crippen LogP contribution in [0.2, 0.25) is 5.02 Å². The normalized spacial score (nSPS) is 12.5. The number of hydrogen-bond donors (Lipinski definition) is 2. The monoisotopic (exact) mass is 354 g/mol. The first kappa shape index (κ1) is 15.7. The summed E-state index contributed by atoms with van der Waals surface area (Å²) in [5.74, 6) is -0.839. The summed E-state index contributed by atoms with van der Waals surface area (Å²) in [5, 5.41) is 14.4. The van der Waals surface area contributed by atoms with Crippen molar-refractivity contribution in [2.75, 3.05) is 0 Å². The van der Waals surface area contributed by atoms with Gasteiger partial charge in [-0.3, -0.25) is 9.59 Å². The minimum atomic E-state index is -0.583. The Morgan fingerprint density at radius 1 is 1.20 bits per heavy atom. The van der Waals surface area contributed by atoms with E-state index in [9.17, 15) is 14.7 Å². The van der Waals surface area contributed by atoms with Crippen molar-refractivity contribution in [1.82, 2.24) is 9.88 Å². The van der Waals surface area contributed by atoms with Crippen molar-refractivity contribution in [3.63, 3.8) is 0 Å². The van der Waals surface area contributed by atoms with Crippen molar-refractivity contribution in [3.05, 3.63) is 74.5 Å². The largest absolute Gasteiger partial charge is 0.506 e. The summed E-state index contributed by atoms with van der Waals surface area (Å²) in [5.41, 5.74) is 1.92. The van der Waals surface area contributed by atoms with Crippen LogP contribution in [0, 0.1) is 0 Å². The number of amides is 1. The molecule has 0 unspecified atom stereocenters. The summed E-state index contributed by atoms with van der Waals surface area (Å²) in [6.07, 6.45) is 0.724. The number of aromatic nitrogens is 1. The number of carbonyl (C=O) groups is 1. The molecule has 0 saturated carbocycles. The molecule has 2 heterocycles. The zero-order chi connectivity index (χ0) is 17.6. The lowest BCUT2D eigenvalue weighted by Crippen LogP contribution is -2.32. The Labute approximate surface area is 148 Å². The predicted molar refractivity (Wildman–Crippen MR) is 96.2 cm³/mol. The van der Waals surface area contributed by atoms with Crippen LogP contribution in [-0.2, 0) is 19.5 Å². The molecule has 0 saturated heterocycles. The summed E-state index contributed by atoms with van der Waals surface area (Å²) >= 11 is 5.84. The molecule has 0 bridgehead atoms. The topological polar surface area (TPSA) is 71.3 Å². The molecular formula is C19H15ClN2O3. The third kappa shape index (κ3) is 2.57. The Kier molecular flexibility index (Phi) is 3.73. The van der Waals surface area contributed by atoms with E-state index in [0.717, 1.165) is 23.1 Å². The Hall–Kier alpha value is -2.79. The van der Waals surface area contributed by atoms with Gasteiger partial charge in [-0.05, 0) is 35.7 Å². The number of carbonyl (C=O) groups excluding carboxylic acids is 1. The van der Waals surface area contributed by atoms with E-state index in [4.69, 9.17) is 11.6 Å². The molecule has 0 atom stereocenters. The molecule has 1 aliphatic rings. The summed E-state index contributed by atoms with van der Waals surface area (Å²) in [6, 6.07) is 12.5. The highest BCUT2D eigenvalue weighted by atomic mass is 35.5. The van der Waals surface area contributed by atoms with E-state index in [1.165, 1.54) is 0 Å². The fourth-order valence-corrected chi connectivity index (χ4v) is 3.42. The third-order valence-corrected chi connectivity index (χ3v) is 4.79. The van der Waals surface area contributed by atoms with Gasteiger partial charge in [0, 0.05) is 23.5 Å². The van der Waals surface area contributed by atoms with Gasteiger partial charge in [0.25, 0.3) is 11.5 Å². The minimum Gasteiger partial charge on any atom is -0.506 e. The number of aryl methyl sites for hydroxylation is 2. The van der Waals surface area contributed by atoms with Gasteiger partial charge < -0.3 is 15.0 Å². The van der Waals surface area contributed by atoms with Gasteiger partial charge >= 0.3 is 0 Å². The Balaban J connectivity index is 1.71. The lowest BCUT2D eigenvalue weighted by Gasteiger charge is -2.11. The van der Waals surface area contributed by atoms with Gasteiger partial charge in [-0.2, -0.15) is 0 Å². The van der Waals surface area contributed by atoms with Crippen LogP contribution in [-0.4, -0.2) is 15.6 Å². The van der Waals surface area contributed by atoms with Gasteiger partial charge in [0.05, 0.1) is 5.52 Å². The molecule has 1 aromatic heterocycles. The number of para-hydroxylation sites is 1. The Bertz CT molecular complexity index is 1050. The molecule has 1 amide bonds. The number of benzene rings is 2. The average Bonchev–Trinajstić information content (AvgIpc) is 3.04. The van der Waals surface area contributed by atoms with Crippen molar-refractivity contribution in [1.29, 1.82) is 0 Å². The van der Waals surface area contributed by atoms with Gasteiger partial charge in [0.1, 0.15) is 11.3 Å². The first-order chi connectivity index (χ1) is 12.1. The number of pyridine rings is 1. The van der Waals surface area contributed by atoms with Crippen molar-refractivity contribution in [2.45, 2.75) is 19.5 Å². The quantitative estimate of drug-likeness (QED) is 0.759. The molecule has 0 fully saturated rings. The van der Waals surface area contributed by atoms with Crippen LogP contribution in [0.5, 0.6) is 5.75 Å². The molecule has 3 aromatic rings. The number of aromatic hydroxyl groups is 1. The summed E-state index contributed by atoms with van der Waals surface area (Å²) in [7, 11) is 0. The zero-order valence-corrected chi connectivity index (χ0v) is 14.0. The van der Waals surface area contributed by atoms with E-state index in [0.29, 0.717) is 17.0 Å². The fourth-order valence-electron chi connectivity index (χ4n) is 3.30. The predicted octanol–water partition coefficient (Wildman–Crippen LogP) is 2.85. The second-order valence-corrected chi connectivity index (χ2v) is 6.49. The van der Waals surface area contributed by atoms with E-state index >= 15 is 0 Å². The second kappa shape index (κ2) is 5.93. The maximum Gasteiger partial charge on any atom is 0.267 e. The van der Waals surface area contributed by atoms with Gasteiger partial charge in [0.15, 0.2) is 0 Å². The second-order valence-electron chi connectivity index (χ2n) is 6.05. The fraction of sp³-hybridized carbons (Fsp3) is 0.158. The minimum absolute atomic E-state index is 0.208. The maximum atomic E-state index is 12.7. The maximum absolute atomic E-state index is 12.7. The van der Waals surface area contributed by atoms with Gasteiger partial charge in [-0.25, -0.2) is 0 Å². The van der Waals surface area contributed by atoms with Crippen LogP contribution in [0.15, 0.2) is 47.3 Å². The lowest BCUT2D eigenvalue weighted by molar-refractivity contribution is 0.0946. The van der Waals surface area contributed by atoms with Crippen LogP contribution >= 0.6 is 11.6 Å². The molecule has 0 radical (unpaired) electrons. The van der Waals surface area contributed by atoms with E-state index in [1.807, 2.05) is 12.1 Å². The van der Waals surface area contributed by atoms with Crippen LogP contribution in [0.3, 0.4) is 0 Å². The van der Waals surface area contributed by atoms with E-state index in [1.54, 1.807) is 34.9 Å². The van der Waals surface area contributed by atoms with Crippen molar-refractivity contribution in [3.8, 4) is 5.75 Å². The molecule has 5 nitrogen and oxygen atoms in total. The summed E-state index contributed by atoms with van der Waals surface area (Å²) < 4.78 is 1.57. The van der Waals surface area contributed by atoms with Crippen LogP contribution in [0.25, 0.3) is 10.9 Å². The molecule has 6 heteroatoms. The number of rotatable bonds is 3. The van der Waals surface area contributed by atoms with Crippen LogP contribution in [0.1, 0.15) is 21.5 Å². The molecule has 25 heavy (non-hydrogen) atoms. The molecular weight excluding hydrogens is 340 g/mol. The average molecular weight is 355 g/mol. The molecule has 2 N–H and O–H groups in total. The molecule has 1 aliphatic heterocycles. The van der Waals surface area contributed by atoms with Gasteiger partial charge in [-0.15, -0.1) is 0 Å². The van der Waals surface area contributed by atoms with Crippen molar-refractivity contribution >= 4 is 28.4 Å². The van der Waals surface area contributed by atoms with Crippen molar-refractivity contribution < 1.29 is 9.90 Å². The smallest absolute Gasteiger partial charge is 0.267 e. The molecule has 2 aromatic carbocycles. The molecule has 0 aliphatic carbocycles. The molecule has 4 rings (SSSR count). The zero-order valence-electron chi connectivity index (χ0n) is 13.3. The highest BCUT2D eigenvalue weighted by Gasteiger charge is 2.25. The van der Waals surface area contributed by atoms with E-state index < -0.39 is 11.5 Å². The number of nitrogens with one attached hydrogen (secondary N) is 1. The molecule has 0 spiro atoms. The van der Waals surface area contributed by atoms with Gasteiger partial charge in [-0.1, -0.05) is 35.9 Å². The van der Waals surface area contributed by atoms with E-state index in [2.05, 4.69) is 5.32 Å². The van der Waals surface area contributed by atoms with Crippen LogP contribution in [0.4, 0.5) is 0 Å². The number of nitrogens with zero attached hydrogens (tertiary/aromatic N) is 1. The van der Waals surface area contributed by atoms with Crippen LogP contribution < -0.4 is 10.9 Å². The third-order valence-electron chi connectivity index (χ3n) is 4.54. The Morgan fingerprint density at radius 3 is 2.72 bits per heavy atom.